The number of rotatable bonds is 7. The van der Waals surface area contributed by atoms with Gasteiger partial charge < -0.3 is 9.64 Å². The number of carbonyl (C=O) groups is 2. The van der Waals surface area contributed by atoms with Crippen LogP contribution >= 0.6 is 0 Å². The van der Waals surface area contributed by atoms with E-state index in [0.717, 1.165) is 34.8 Å². The molecule has 2 atom stereocenters. The Hall–Kier alpha value is -2.64. The van der Waals surface area contributed by atoms with E-state index in [-0.39, 0.29) is 23.7 Å². The molecule has 158 valence electrons. The number of ether oxygens (including phenoxy) is 1. The number of esters is 1. The first-order chi connectivity index (χ1) is 13.6. The molecule has 0 aliphatic heterocycles. The fraction of sp³-hybridized carbons (Fsp3) is 0.619. The lowest BCUT2D eigenvalue weighted by molar-refractivity contribution is -0.145. The van der Waals surface area contributed by atoms with Gasteiger partial charge in [0.25, 0.3) is 5.91 Å². The minimum atomic E-state index is -0.160. The molecule has 0 aromatic carbocycles. The molecule has 8 nitrogen and oxygen atoms in total. The van der Waals surface area contributed by atoms with Crippen LogP contribution in [0.25, 0.3) is 0 Å². The molecule has 1 aliphatic carbocycles. The molecule has 0 spiro atoms. The van der Waals surface area contributed by atoms with Gasteiger partial charge >= 0.3 is 5.97 Å². The van der Waals surface area contributed by atoms with E-state index in [9.17, 15) is 9.59 Å². The molecule has 0 N–H and O–H groups in total. The lowest BCUT2D eigenvalue weighted by Gasteiger charge is -2.23. The normalized spacial score (nSPS) is 18.0. The van der Waals surface area contributed by atoms with Crippen LogP contribution in [0.2, 0.25) is 0 Å². The van der Waals surface area contributed by atoms with E-state index in [1.54, 1.807) is 4.68 Å². The summed E-state index contributed by atoms with van der Waals surface area (Å²) < 4.78 is 8.73. The average Bonchev–Trinajstić information content (AvgIpc) is 3.32. The Morgan fingerprint density at radius 2 is 1.69 bits per heavy atom. The second kappa shape index (κ2) is 8.00. The predicted octanol–water partition coefficient (Wildman–Crippen LogP) is 2.23. The van der Waals surface area contributed by atoms with Gasteiger partial charge in [0.1, 0.15) is 0 Å². The molecule has 0 saturated heterocycles. The van der Waals surface area contributed by atoms with Crippen LogP contribution in [0.4, 0.5) is 0 Å². The summed E-state index contributed by atoms with van der Waals surface area (Å²) in [5, 5.41) is 8.89. The van der Waals surface area contributed by atoms with E-state index >= 15 is 0 Å². The van der Waals surface area contributed by atoms with Crippen LogP contribution < -0.4 is 0 Å². The maximum atomic E-state index is 13.5. The van der Waals surface area contributed by atoms with Gasteiger partial charge in [0.05, 0.1) is 29.5 Å². The van der Waals surface area contributed by atoms with Crippen molar-refractivity contribution in [1.82, 2.24) is 24.5 Å². The highest BCUT2D eigenvalue weighted by atomic mass is 16.5. The van der Waals surface area contributed by atoms with Crippen molar-refractivity contribution < 1.29 is 14.3 Å². The first-order valence-electron chi connectivity index (χ1n) is 10.1. The van der Waals surface area contributed by atoms with Crippen LogP contribution in [0.3, 0.4) is 0 Å². The fourth-order valence-corrected chi connectivity index (χ4v) is 3.97. The quantitative estimate of drug-likeness (QED) is 0.665. The zero-order valence-corrected chi connectivity index (χ0v) is 18.4. The lowest BCUT2D eigenvalue weighted by Crippen LogP contribution is -2.34. The van der Waals surface area contributed by atoms with E-state index < -0.39 is 0 Å². The minimum absolute atomic E-state index is 0.0507. The van der Waals surface area contributed by atoms with Gasteiger partial charge in [-0.1, -0.05) is 0 Å². The summed E-state index contributed by atoms with van der Waals surface area (Å²) >= 11 is 0. The SMILES string of the molecule is CCOC(=O)[C@H]1C[C@@H]1CN(Cc1c(C)nn(C)c1C)C(=O)c1c(C)nn(C)c1C. The van der Waals surface area contributed by atoms with Gasteiger partial charge in [-0.05, 0) is 47.0 Å². The van der Waals surface area contributed by atoms with Gasteiger partial charge in [-0.2, -0.15) is 10.2 Å². The monoisotopic (exact) mass is 401 g/mol. The second-order valence-electron chi connectivity index (χ2n) is 7.98. The highest BCUT2D eigenvalue weighted by Gasteiger charge is 2.45. The summed E-state index contributed by atoms with van der Waals surface area (Å²) in [6.45, 7) is 10.9. The molecule has 0 radical (unpaired) electrons. The highest BCUT2D eigenvalue weighted by Crippen LogP contribution is 2.40. The number of amides is 1. The lowest BCUT2D eigenvalue weighted by atomic mass is 10.1. The number of nitrogens with zero attached hydrogens (tertiary/aromatic N) is 5. The van der Waals surface area contributed by atoms with Crippen LogP contribution in [-0.2, 0) is 30.2 Å². The van der Waals surface area contributed by atoms with E-state index in [2.05, 4.69) is 10.2 Å². The molecular weight excluding hydrogens is 370 g/mol. The van der Waals surface area contributed by atoms with Crippen molar-refractivity contribution in [2.24, 2.45) is 25.9 Å². The molecule has 0 unspecified atom stereocenters. The van der Waals surface area contributed by atoms with Crippen molar-refractivity contribution in [2.75, 3.05) is 13.2 Å². The van der Waals surface area contributed by atoms with Crippen LogP contribution in [-0.4, -0.2) is 49.5 Å². The third kappa shape index (κ3) is 4.06. The molecule has 29 heavy (non-hydrogen) atoms. The van der Waals surface area contributed by atoms with Crippen molar-refractivity contribution in [3.05, 3.63) is 33.9 Å². The van der Waals surface area contributed by atoms with E-state index in [1.165, 1.54) is 0 Å². The van der Waals surface area contributed by atoms with Crippen LogP contribution in [0, 0.1) is 39.5 Å². The Morgan fingerprint density at radius 1 is 1.07 bits per heavy atom. The number of aryl methyl sites for hydroxylation is 4. The molecule has 2 aromatic rings. The van der Waals surface area contributed by atoms with Crippen LogP contribution in [0.1, 0.15) is 52.0 Å². The van der Waals surface area contributed by atoms with E-state index in [4.69, 9.17) is 4.74 Å². The van der Waals surface area contributed by atoms with Gasteiger partial charge in [-0.3, -0.25) is 19.0 Å². The fourth-order valence-electron chi connectivity index (χ4n) is 3.97. The number of hydrogen-bond acceptors (Lipinski definition) is 5. The Bertz CT molecular complexity index is 943. The van der Waals surface area contributed by atoms with E-state index in [1.807, 2.05) is 58.3 Å². The number of carbonyl (C=O) groups excluding carboxylic acids is 2. The summed E-state index contributed by atoms with van der Waals surface area (Å²) in [6.07, 6.45) is 0.763. The average molecular weight is 402 g/mol. The standard InChI is InChI=1S/C21H31N5O3/c1-8-29-21(28)17-9-16(17)10-26(11-18-12(2)22-24(6)14(18)4)20(27)19-13(3)23-25(7)15(19)5/h16-17H,8-11H2,1-7H3/t16-,17+/m1/s1. The first-order valence-corrected chi connectivity index (χ1v) is 10.1. The summed E-state index contributed by atoms with van der Waals surface area (Å²) in [6, 6.07) is 0. The zero-order valence-electron chi connectivity index (χ0n) is 18.4. The van der Waals surface area contributed by atoms with Crippen molar-refractivity contribution in [3.63, 3.8) is 0 Å². The minimum Gasteiger partial charge on any atom is -0.466 e. The second-order valence-corrected chi connectivity index (χ2v) is 7.98. The van der Waals surface area contributed by atoms with Gasteiger partial charge in [-0.25, -0.2) is 0 Å². The van der Waals surface area contributed by atoms with Crippen molar-refractivity contribution in [2.45, 2.75) is 47.6 Å². The van der Waals surface area contributed by atoms with Gasteiger partial charge in [-0.15, -0.1) is 0 Å². The topological polar surface area (TPSA) is 82.2 Å². The Labute approximate surface area is 171 Å². The Balaban J connectivity index is 1.87. The third-order valence-corrected chi connectivity index (χ3v) is 5.98. The smallest absolute Gasteiger partial charge is 0.309 e. The Morgan fingerprint density at radius 3 is 2.21 bits per heavy atom. The molecule has 2 aromatic heterocycles. The van der Waals surface area contributed by atoms with Crippen molar-refractivity contribution in [1.29, 1.82) is 0 Å². The molecule has 2 heterocycles. The molecule has 1 saturated carbocycles. The third-order valence-electron chi connectivity index (χ3n) is 5.98. The molecule has 8 heteroatoms. The summed E-state index contributed by atoms with van der Waals surface area (Å²) in [5.41, 5.74) is 5.21. The summed E-state index contributed by atoms with van der Waals surface area (Å²) in [4.78, 5) is 27.4. The largest absolute Gasteiger partial charge is 0.466 e. The number of aromatic nitrogens is 4. The van der Waals surface area contributed by atoms with Crippen LogP contribution in [0.5, 0.6) is 0 Å². The van der Waals surface area contributed by atoms with Crippen LogP contribution in [0.15, 0.2) is 0 Å². The maximum absolute atomic E-state index is 13.5. The zero-order chi connectivity index (χ0) is 21.5. The van der Waals surface area contributed by atoms with Gasteiger partial charge in [0.2, 0.25) is 0 Å². The van der Waals surface area contributed by atoms with Gasteiger partial charge in [0.15, 0.2) is 0 Å². The Kier molecular flexibility index (Phi) is 5.82. The first kappa shape index (κ1) is 21.1. The molecule has 1 aliphatic rings. The highest BCUT2D eigenvalue weighted by molar-refractivity contribution is 5.96. The maximum Gasteiger partial charge on any atom is 0.309 e. The number of hydrogen-bond donors (Lipinski definition) is 0. The molecule has 3 rings (SSSR count). The predicted molar refractivity (Wildman–Crippen MR) is 108 cm³/mol. The molecule has 1 fully saturated rings. The molecular formula is C21H31N5O3. The molecule has 1 amide bonds. The summed E-state index contributed by atoms with van der Waals surface area (Å²) in [5.74, 6) is -0.192. The van der Waals surface area contributed by atoms with Gasteiger partial charge in [0, 0.05) is 44.1 Å². The summed E-state index contributed by atoms with van der Waals surface area (Å²) in [7, 11) is 3.75. The van der Waals surface area contributed by atoms with Crippen molar-refractivity contribution in [3.8, 4) is 0 Å². The van der Waals surface area contributed by atoms with E-state index in [0.29, 0.717) is 25.3 Å². The molecule has 0 bridgehead atoms. The van der Waals surface area contributed by atoms with Crippen molar-refractivity contribution >= 4 is 11.9 Å².